The number of halogens is 4. The Kier molecular flexibility index (Phi) is 33.1. The first kappa shape index (κ1) is 55.8. The predicted molar refractivity (Wildman–Crippen MR) is 213 cm³/mol. The summed E-state index contributed by atoms with van der Waals surface area (Å²) in [5, 5.41) is 9.20. The number of pyridine rings is 1. The Morgan fingerprint density at radius 1 is 0.782 bits per heavy atom. The summed E-state index contributed by atoms with van der Waals surface area (Å²) in [5.41, 5.74) is 7.12. The zero-order valence-electron chi connectivity index (χ0n) is 32.2. The number of benzene rings is 2. The second-order valence-corrected chi connectivity index (χ2v) is 11.4. The fourth-order valence-corrected chi connectivity index (χ4v) is 4.23. The molecule has 0 aliphatic rings. The van der Waals surface area contributed by atoms with Gasteiger partial charge in [-0.2, -0.15) is 0 Å². The van der Waals surface area contributed by atoms with Gasteiger partial charge in [0, 0.05) is 86.8 Å². The van der Waals surface area contributed by atoms with Crippen LogP contribution in [0.15, 0.2) is 104 Å². The number of aromatic amines is 1. The third kappa shape index (κ3) is 23.0. The maximum absolute atomic E-state index is 11.4. The topological polar surface area (TPSA) is 178 Å². The molecule has 0 atom stereocenters. The third-order valence-corrected chi connectivity index (χ3v) is 7.15. The Morgan fingerprint density at radius 2 is 1.22 bits per heavy atom. The largest absolute Gasteiger partial charge is 1.00 e. The average Bonchev–Trinajstić information content (AvgIpc) is 3.96. The molecule has 4 aromatic heterocycles. The van der Waals surface area contributed by atoms with Crippen molar-refractivity contribution in [2.45, 2.75) is 34.6 Å². The van der Waals surface area contributed by atoms with Gasteiger partial charge in [0.2, 0.25) is 0 Å². The number of aryl methyl sites for hydroxylation is 3. The first-order valence-corrected chi connectivity index (χ1v) is 20.4. The van der Waals surface area contributed by atoms with E-state index in [9.17, 15) is 14.4 Å². The fraction of sp³-hybridized carbons (Fsp3) is 0.167. The van der Waals surface area contributed by atoms with Crippen LogP contribution in [-0.2, 0) is 9.68 Å². The van der Waals surface area contributed by atoms with Gasteiger partial charge in [-0.1, -0.05) is 27.5 Å². The van der Waals surface area contributed by atoms with Crippen LogP contribution in [0, 0.1) is 20.8 Å². The van der Waals surface area contributed by atoms with E-state index in [2.05, 4.69) is 74.0 Å². The summed E-state index contributed by atoms with van der Waals surface area (Å²) in [5.74, 6) is 0.181. The normalized spacial score (nSPS) is 8.98. The standard InChI is InChI=1S/C12H11BrN2O.C12H12N2O.C7H6ClNO.C4H6N2.CH2O3.Br2.2K.H/c1-9-7-15(8-14-9)11-4-2-10(3-5-11)12(16)6-13;1-9-7-14(8-13-9)12-5-3-11(4-6-12)10(2)15;1-5(10)6-2-3-7(8)9-4-6;1-4-2-5-3-6-4;2-1-4-3;1-2;;;/h2-5,7-8H,6H2,1H3;3-8H,1-2H3;2-4H,1H3;2-3H,1H3,(H,5,6);1,3H;;;;/q;;;;;;2*+1;-1/p-1. The number of Topliss-reactive ketones (excluding diaryl/α,β-unsaturated/α-hetero) is 3. The van der Waals surface area contributed by atoms with Crippen LogP contribution in [0.3, 0.4) is 0 Å². The molecule has 1 N–H and O–H groups in total. The molecule has 55 heavy (non-hydrogen) atoms. The number of carbonyl (C=O) groups is 4. The molecular weight excluding hydrogens is 980 g/mol. The molecule has 282 valence electrons. The van der Waals surface area contributed by atoms with Crippen molar-refractivity contribution in [3.63, 3.8) is 0 Å². The van der Waals surface area contributed by atoms with Gasteiger partial charge < -0.3 is 25.7 Å². The van der Waals surface area contributed by atoms with E-state index in [1.165, 1.54) is 13.1 Å². The predicted octanol–water partition coefficient (Wildman–Crippen LogP) is 2.04. The summed E-state index contributed by atoms with van der Waals surface area (Å²) in [4.78, 5) is 63.1. The third-order valence-electron chi connectivity index (χ3n) is 6.41. The van der Waals surface area contributed by atoms with Gasteiger partial charge in [-0.3, -0.25) is 19.2 Å². The van der Waals surface area contributed by atoms with Crippen LogP contribution in [0.5, 0.6) is 0 Å². The van der Waals surface area contributed by atoms with Crippen LogP contribution in [-0.4, -0.2) is 63.2 Å². The molecule has 0 saturated carbocycles. The van der Waals surface area contributed by atoms with Crippen LogP contribution < -0.4 is 108 Å². The Labute approximate surface area is 435 Å². The number of rotatable bonds is 7. The molecule has 4 heterocycles. The minimum absolute atomic E-state index is 0. The number of H-pyrrole nitrogens is 1. The Balaban J connectivity index is -0.000000651. The molecule has 0 saturated heterocycles. The number of ketones is 3. The van der Waals surface area contributed by atoms with Gasteiger partial charge in [0.05, 0.1) is 35.7 Å². The van der Waals surface area contributed by atoms with Gasteiger partial charge in [0.15, 0.2) is 17.3 Å². The van der Waals surface area contributed by atoms with E-state index < -0.39 is 0 Å². The van der Waals surface area contributed by atoms with Crippen LogP contribution in [0.1, 0.15) is 63.4 Å². The number of carbonyl (C=O) groups excluding carboxylic acids is 4. The molecule has 0 radical (unpaired) electrons. The monoisotopic (exact) mass is 1010 g/mol. The number of imidazole rings is 3. The molecule has 0 bridgehead atoms. The van der Waals surface area contributed by atoms with Crippen molar-refractivity contribution in [2.75, 3.05) is 5.33 Å². The second kappa shape index (κ2) is 32.6. The molecule has 0 aliphatic carbocycles. The number of hydrogen-bond acceptors (Lipinski definition) is 10. The van der Waals surface area contributed by atoms with Crippen LogP contribution in [0.2, 0.25) is 5.15 Å². The molecular formula is C36H37Br3ClK2N7O6. The van der Waals surface area contributed by atoms with Gasteiger partial charge in [0.25, 0.3) is 6.47 Å². The summed E-state index contributed by atoms with van der Waals surface area (Å²) in [6.45, 7) is 8.73. The Morgan fingerprint density at radius 3 is 1.49 bits per heavy atom. The van der Waals surface area contributed by atoms with Gasteiger partial charge in [0.1, 0.15) is 5.15 Å². The molecule has 6 rings (SSSR count). The van der Waals surface area contributed by atoms with Gasteiger partial charge in [-0.05, 0) is 95.3 Å². The van der Waals surface area contributed by atoms with E-state index in [0.717, 1.165) is 39.6 Å². The van der Waals surface area contributed by atoms with Crippen molar-refractivity contribution in [1.82, 2.24) is 34.1 Å². The molecule has 0 fully saturated rings. The smallest absolute Gasteiger partial charge is 1.00 e. The van der Waals surface area contributed by atoms with Crippen LogP contribution >= 0.6 is 55.8 Å². The van der Waals surface area contributed by atoms with Crippen molar-refractivity contribution >= 4 is 79.6 Å². The summed E-state index contributed by atoms with van der Waals surface area (Å²) < 4.78 is 3.86. The zero-order chi connectivity index (χ0) is 39.8. The minimum Gasteiger partial charge on any atom is -1.00 e. The van der Waals surface area contributed by atoms with Crippen molar-refractivity contribution < 1.29 is 134 Å². The van der Waals surface area contributed by atoms with E-state index in [1.807, 2.05) is 90.8 Å². The number of aromatic nitrogens is 7. The first-order chi connectivity index (χ1) is 25.4. The van der Waals surface area contributed by atoms with Crippen molar-refractivity contribution in [3.8, 4) is 11.4 Å². The van der Waals surface area contributed by atoms with Crippen LogP contribution in [0.25, 0.3) is 11.4 Å². The molecule has 0 spiro atoms. The SMILES string of the molecule is BrBr.CC(=O)c1ccc(-n2cnc(C)c2)cc1.CC(=O)c1ccc(Cl)nc1.Cc1cn(-c2ccc(C(=O)CBr)cc2)cn1.Cc1cnc[nH]1.O=CO[O-].[H-].[K+].[K+]. The average molecular weight is 1020 g/mol. The maximum Gasteiger partial charge on any atom is 1.00 e. The number of hydrogen-bond donors (Lipinski definition) is 1. The number of alkyl halides is 1. The van der Waals surface area contributed by atoms with E-state index in [1.54, 1.807) is 44.2 Å². The summed E-state index contributed by atoms with van der Waals surface area (Å²) in [6, 6.07) is 18.2. The second-order valence-electron chi connectivity index (χ2n) is 10.4. The van der Waals surface area contributed by atoms with Crippen molar-refractivity contribution in [3.05, 3.63) is 143 Å². The summed E-state index contributed by atoms with van der Waals surface area (Å²) in [7, 11) is 0. The minimum atomic E-state index is -0.181. The van der Waals surface area contributed by atoms with Crippen molar-refractivity contribution in [1.29, 1.82) is 0 Å². The molecule has 0 unspecified atom stereocenters. The van der Waals surface area contributed by atoms with Crippen molar-refractivity contribution in [2.24, 2.45) is 0 Å². The molecule has 6 aromatic rings. The molecule has 0 amide bonds. The first-order valence-electron chi connectivity index (χ1n) is 15.1. The van der Waals surface area contributed by atoms with Crippen LogP contribution in [0.4, 0.5) is 0 Å². The van der Waals surface area contributed by atoms with Gasteiger partial charge >= 0.3 is 103 Å². The van der Waals surface area contributed by atoms with E-state index in [-0.39, 0.29) is 128 Å². The molecule has 2 aromatic carbocycles. The molecule has 0 aliphatic heterocycles. The fourth-order valence-electron chi connectivity index (χ4n) is 3.80. The Bertz CT molecular complexity index is 1970. The number of nitrogens with zero attached hydrogens (tertiary/aromatic N) is 6. The van der Waals surface area contributed by atoms with Gasteiger partial charge in [-0.15, -0.1) is 0 Å². The van der Waals surface area contributed by atoms with E-state index >= 15 is 0 Å². The maximum atomic E-state index is 11.4. The van der Waals surface area contributed by atoms with E-state index in [4.69, 9.17) is 21.7 Å². The number of nitrogens with one attached hydrogen (secondary N) is 1. The summed E-state index contributed by atoms with van der Waals surface area (Å²) >= 11 is 14.1. The quantitative estimate of drug-likeness (QED) is 0.0474. The molecule has 13 nitrogen and oxygen atoms in total. The zero-order valence-corrected chi connectivity index (χ0v) is 43.0. The summed E-state index contributed by atoms with van der Waals surface area (Å²) in [6.07, 6.45) is 12.3. The molecule has 19 heteroatoms. The Hall–Kier alpha value is -1.34. The van der Waals surface area contributed by atoms with E-state index in [0.29, 0.717) is 16.0 Å². The van der Waals surface area contributed by atoms with Gasteiger partial charge in [-0.25, -0.2) is 19.9 Å².